The van der Waals surface area contributed by atoms with Crippen LogP contribution in [0.2, 0.25) is 5.02 Å². The molecule has 1 N–H and O–H groups in total. The summed E-state index contributed by atoms with van der Waals surface area (Å²) in [6.07, 6.45) is 0.225. The number of aromatic nitrogens is 2. The monoisotopic (exact) mass is 385 g/mol. The molecule has 0 aliphatic rings. The first-order valence-corrected chi connectivity index (χ1v) is 9.05. The van der Waals surface area contributed by atoms with Gasteiger partial charge in [-0.15, -0.1) is 0 Å². The van der Waals surface area contributed by atoms with Gasteiger partial charge in [0.1, 0.15) is 5.82 Å². The number of rotatable bonds is 5. The summed E-state index contributed by atoms with van der Waals surface area (Å²) >= 11 is 6.00. The molecule has 27 heavy (non-hydrogen) atoms. The Morgan fingerprint density at radius 3 is 2.52 bits per heavy atom. The largest absolute Gasteiger partial charge is 0.352 e. The van der Waals surface area contributed by atoms with Crippen molar-refractivity contribution in [2.24, 2.45) is 0 Å². The van der Waals surface area contributed by atoms with Crippen molar-refractivity contribution >= 4 is 17.5 Å². The Hall–Kier alpha value is -2.66. The Morgan fingerprint density at radius 2 is 1.85 bits per heavy atom. The summed E-state index contributed by atoms with van der Waals surface area (Å²) in [4.78, 5) is 12.4. The van der Waals surface area contributed by atoms with E-state index in [1.165, 1.54) is 17.7 Å². The van der Waals surface area contributed by atoms with Crippen molar-refractivity contribution in [3.63, 3.8) is 0 Å². The number of carbonyl (C=O) groups excluding carboxylic acids is 1. The van der Waals surface area contributed by atoms with E-state index in [0.717, 1.165) is 22.6 Å². The van der Waals surface area contributed by atoms with Gasteiger partial charge in [0.2, 0.25) is 5.91 Å². The van der Waals surface area contributed by atoms with Gasteiger partial charge in [-0.05, 0) is 50.6 Å². The van der Waals surface area contributed by atoms with Gasteiger partial charge in [-0.1, -0.05) is 35.4 Å². The van der Waals surface area contributed by atoms with Gasteiger partial charge >= 0.3 is 0 Å². The number of amides is 1. The minimum absolute atomic E-state index is 0.134. The van der Waals surface area contributed by atoms with E-state index in [1.807, 2.05) is 49.7 Å². The van der Waals surface area contributed by atoms with Gasteiger partial charge in [-0.2, -0.15) is 5.10 Å². The van der Waals surface area contributed by atoms with Gasteiger partial charge < -0.3 is 5.32 Å². The number of nitrogens with zero attached hydrogens (tertiary/aromatic N) is 2. The highest BCUT2D eigenvalue weighted by Crippen LogP contribution is 2.20. The summed E-state index contributed by atoms with van der Waals surface area (Å²) in [5, 5.41) is 7.72. The lowest BCUT2D eigenvalue weighted by atomic mass is 10.1. The minimum Gasteiger partial charge on any atom is -0.352 e. The van der Waals surface area contributed by atoms with Gasteiger partial charge in [0.05, 0.1) is 17.8 Å². The van der Waals surface area contributed by atoms with E-state index in [9.17, 15) is 9.18 Å². The van der Waals surface area contributed by atoms with E-state index >= 15 is 0 Å². The Balaban J connectivity index is 1.71. The lowest BCUT2D eigenvalue weighted by molar-refractivity contribution is -0.120. The molecule has 0 bridgehead atoms. The molecule has 0 unspecified atom stereocenters. The second-order valence-electron chi connectivity index (χ2n) is 6.59. The maximum atomic E-state index is 13.1. The number of nitrogens with one attached hydrogen (secondary N) is 1. The van der Waals surface area contributed by atoms with Crippen LogP contribution in [0.4, 0.5) is 4.39 Å². The number of aryl methyl sites for hydroxylation is 2. The van der Waals surface area contributed by atoms with Crippen LogP contribution in [0.25, 0.3) is 5.69 Å². The van der Waals surface area contributed by atoms with E-state index in [0.29, 0.717) is 10.6 Å². The van der Waals surface area contributed by atoms with Gasteiger partial charge in [0.25, 0.3) is 0 Å². The zero-order valence-electron chi connectivity index (χ0n) is 15.5. The molecular weight excluding hydrogens is 365 g/mol. The highest BCUT2D eigenvalue weighted by molar-refractivity contribution is 6.31. The van der Waals surface area contributed by atoms with Crippen LogP contribution < -0.4 is 5.32 Å². The summed E-state index contributed by atoms with van der Waals surface area (Å²) in [7, 11) is 0. The molecule has 1 aromatic heterocycles. The SMILES string of the molecule is Cc1ccc(-n2nc(C)c(CC(=O)NCc3ccc(F)cc3Cl)c2C)cc1. The summed E-state index contributed by atoms with van der Waals surface area (Å²) in [6, 6.07) is 12.2. The number of halogens is 2. The maximum Gasteiger partial charge on any atom is 0.224 e. The molecule has 3 rings (SSSR count). The molecule has 140 valence electrons. The summed E-state index contributed by atoms with van der Waals surface area (Å²) in [5.41, 5.74) is 5.48. The molecule has 0 aliphatic heterocycles. The van der Waals surface area contributed by atoms with Crippen molar-refractivity contribution in [1.29, 1.82) is 0 Å². The van der Waals surface area contributed by atoms with Crippen LogP contribution in [0, 0.1) is 26.6 Å². The van der Waals surface area contributed by atoms with Crippen LogP contribution in [-0.4, -0.2) is 15.7 Å². The third-order valence-corrected chi connectivity index (χ3v) is 4.90. The third kappa shape index (κ3) is 4.37. The molecule has 0 radical (unpaired) electrons. The van der Waals surface area contributed by atoms with Crippen molar-refractivity contribution < 1.29 is 9.18 Å². The number of carbonyl (C=O) groups is 1. The molecule has 2 aromatic carbocycles. The molecular formula is C21H21ClFN3O. The van der Waals surface area contributed by atoms with Crippen LogP contribution in [0.3, 0.4) is 0 Å². The van der Waals surface area contributed by atoms with Crippen molar-refractivity contribution in [1.82, 2.24) is 15.1 Å². The van der Waals surface area contributed by atoms with E-state index in [2.05, 4.69) is 10.4 Å². The molecule has 4 nitrogen and oxygen atoms in total. The number of benzene rings is 2. The molecule has 1 amide bonds. The van der Waals surface area contributed by atoms with E-state index in [1.54, 1.807) is 6.07 Å². The van der Waals surface area contributed by atoms with Gasteiger partial charge in [-0.25, -0.2) is 9.07 Å². The second-order valence-corrected chi connectivity index (χ2v) is 6.99. The van der Waals surface area contributed by atoms with Crippen molar-refractivity contribution in [3.05, 3.63) is 81.4 Å². The Bertz CT molecular complexity index is 980. The molecule has 0 atom stereocenters. The average Bonchev–Trinajstić information content (AvgIpc) is 2.90. The zero-order valence-corrected chi connectivity index (χ0v) is 16.3. The average molecular weight is 386 g/mol. The number of hydrogen-bond donors (Lipinski definition) is 1. The lowest BCUT2D eigenvalue weighted by Gasteiger charge is -2.08. The molecule has 0 spiro atoms. The molecule has 6 heteroatoms. The van der Waals surface area contributed by atoms with Crippen molar-refractivity contribution in [2.75, 3.05) is 0 Å². The van der Waals surface area contributed by atoms with Gasteiger partial charge in [0.15, 0.2) is 0 Å². The maximum absolute atomic E-state index is 13.1. The molecule has 0 aliphatic carbocycles. The second kappa shape index (κ2) is 7.92. The quantitative estimate of drug-likeness (QED) is 0.705. The van der Waals surface area contributed by atoms with Gasteiger partial charge in [-0.3, -0.25) is 4.79 Å². The van der Waals surface area contributed by atoms with E-state index in [4.69, 9.17) is 11.6 Å². The Kier molecular flexibility index (Phi) is 5.61. The lowest BCUT2D eigenvalue weighted by Crippen LogP contribution is -2.25. The van der Waals surface area contributed by atoms with Crippen molar-refractivity contribution in [2.45, 2.75) is 33.7 Å². The molecule has 3 aromatic rings. The first-order valence-electron chi connectivity index (χ1n) is 8.68. The van der Waals surface area contributed by atoms with Crippen molar-refractivity contribution in [3.8, 4) is 5.69 Å². The molecule has 0 fully saturated rings. The third-order valence-electron chi connectivity index (χ3n) is 4.55. The first-order chi connectivity index (χ1) is 12.8. The molecule has 0 saturated heterocycles. The normalized spacial score (nSPS) is 10.9. The smallest absolute Gasteiger partial charge is 0.224 e. The minimum atomic E-state index is -0.398. The van der Waals surface area contributed by atoms with Crippen LogP contribution in [0.15, 0.2) is 42.5 Å². The summed E-state index contributed by atoms with van der Waals surface area (Å²) in [6.45, 7) is 6.15. The summed E-state index contributed by atoms with van der Waals surface area (Å²) in [5.74, 6) is -0.533. The van der Waals surface area contributed by atoms with E-state index < -0.39 is 5.82 Å². The fraction of sp³-hybridized carbons (Fsp3) is 0.238. The molecule has 0 saturated carbocycles. The highest BCUT2D eigenvalue weighted by atomic mass is 35.5. The van der Waals surface area contributed by atoms with Gasteiger partial charge in [0, 0.05) is 22.8 Å². The summed E-state index contributed by atoms with van der Waals surface area (Å²) < 4.78 is 15.0. The Labute approximate surface area is 163 Å². The topological polar surface area (TPSA) is 46.9 Å². The van der Waals surface area contributed by atoms with Crippen LogP contribution >= 0.6 is 11.6 Å². The fourth-order valence-electron chi connectivity index (χ4n) is 2.95. The van der Waals surface area contributed by atoms with Crippen LogP contribution in [0.1, 0.15) is 28.1 Å². The highest BCUT2D eigenvalue weighted by Gasteiger charge is 2.16. The standard InChI is InChI=1S/C21H21ClFN3O/c1-13-4-8-18(9-5-13)26-15(3)19(14(2)25-26)11-21(27)24-12-16-6-7-17(23)10-20(16)22/h4-10H,11-12H2,1-3H3,(H,24,27). The van der Waals surface area contributed by atoms with Crippen LogP contribution in [0.5, 0.6) is 0 Å². The Morgan fingerprint density at radius 1 is 1.15 bits per heavy atom. The number of hydrogen-bond acceptors (Lipinski definition) is 2. The van der Waals surface area contributed by atoms with E-state index in [-0.39, 0.29) is 18.9 Å². The predicted octanol–water partition coefficient (Wildman–Crippen LogP) is 4.45. The first kappa shape index (κ1) is 19.1. The zero-order chi connectivity index (χ0) is 19.6. The van der Waals surface area contributed by atoms with Crippen LogP contribution in [-0.2, 0) is 17.8 Å². The molecule has 1 heterocycles. The fourth-order valence-corrected chi connectivity index (χ4v) is 3.18. The predicted molar refractivity (Wildman–Crippen MR) is 105 cm³/mol.